The molecule has 0 spiro atoms. The molecule has 1 saturated heterocycles. The molecule has 2 aromatic rings. The van der Waals surface area contributed by atoms with E-state index in [9.17, 15) is 4.79 Å². The van der Waals surface area contributed by atoms with Crippen LogP contribution in [0.3, 0.4) is 0 Å². The van der Waals surface area contributed by atoms with Crippen molar-refractivity contribution in [2.45, 2.75) is 32.4 Å². The van der Waals surface area contributed by atoms with E-state index in [2.05, 4.69) is 15.9 Å². The Hall–Kier alpha value is -1.30. The molecule has 1 aliphatic heterocycles. The summed E-state index contributed by atoms with van der Waals surface area (Å²) in [5.41, 5.74) is 2.49. The Labute approximate surface area is 151 Å². The minimum atomic E-state index is 0.221. The van der Waals surface area contributed by atoms with E-state index in [1.54, 1.807) is 0 Å². The summed E-state index contributed by atoms with van der Waals surface area (Å²) in [7, 11) is 0. The third kappa shape index (κ3) is 3.25. The number of piperazine rings is 1. The number of benzene rings is 1. The van der Waals surface area contributed by atoms with Crippen molar-refractivity contribution < 1.29 is 0 Å². The van der Waals surface area contributed by atoms with Crippen LogP contribution in [0.15, 0.2) is 29.1 Å². The van der Waals surface area contributed by atoms with E-state index in [-0.39, 0.29) is 4.87 Å². The van der Waals surface area contributed by atoms with Gasteiger partial charge in [-0.1, -0.05) is 29.0 Å². The molecule has 4 rings (SSSR count). The molecule has 24 heavy (non-hydrogen) atoms. The quantitative estimate of drug-likeness (QED) is 0.838. The number of fused-ring (bicyclic) bond motifs is 1. The second kappa shape index (κ2) is 6.90. The van der Waals surface area contributed by atoms with Crippen molar-refractivity contribution in [1.29, 1.82) is 0 Å². The molecule has 2 heterocycles. The molecule has 0 N–H and O–H groups in total. The van der Waals surface area contributed by atoms with Crippen molar-refractivity contribution >= 4 is 28.6 Å². The molecule has 1 aliphatic carbocycles. The van der Waals surface area contributed by atoms with Gasteiger partial charge in [0.25, 0.3) is 0 Å². The lowest BCUT2D eigenvalue weighted by Crippen LogP contribution is -2.47. The second-order valence-corrected chi connectivity index (χ2v) is 8.08. The van der Waals surface area contributed by atoms with Gasteiger partial charge in [0.1, 0.15) is 0 Å². The summed E-state index contributed by atoms with van der Waals surface area (Å²) in [4.78, 5) is 18.6. The summed E-state index contributed by atoms with van der Waals surface area (Å²) in [6, 6.07) is 8.05. The fourth-order valence-corrected chi connectivity index (χ4v) is 4.94. The SMILES string of the molecule is O=c1sc2c(n1CN1CCN(c3cccc(Cl)c3)CC1)CCCC2. The van der Waals surface area contributed by atoms with Crippen molar-refractivity contribution in [2.75, 3.05) is 31.1 Å². The van der Waals surface area contributed by atoms with Gasteiger partial charge in [0, 0.05) is 47.5 Å². The molecule has 0 saturated carbocycles. The summed E-state index contributed by atoms with van der Waals surface area (Å²) >= 11 is 7.56. The van der Waals surface area contributed by atoms with Gasteiger partial charge in [-0.3, -0.25) is 14.3 Å². The van der Waals surface area contributed by atoms with Crippen LogP contribution >= 0.6 is 22.9 Å². The van der Waals surface area contributed by atoms with Crippen LogP contribution in [-0.2, 0) is 19.5 Å². The summed E-state index contributed by atoms with van der Waals surface area (Å²) in [5.74, 6) is 0. The Kier molecular flexibility index (Phi) is 4.66. The maximum Gasteiger partial charge on any atom is 0.308 e. The number of halogens is 1. The molecule has 0 radical (unpaired) electrons. The highest BCUT2D eigenvalue weighted by Gasteiger charge is 2.22. The standard InChI is InChI=1S/C18H22ClN3OS/c19-14-4-3-5-15(12-14)21-10-8-20(9-11-21)13-22-16-6-1-2-7-17(16)24-18(22)23/h3-5,12H,1-2,6-11,13H2. The van der Waals surface area contributed by atoms with Crippen LogP contribution in [-0.4, -0.2) is 35.6 Å². The maximum absolute atomic E-state index is 12.3. The maximum atomic E-state index is 12.3. The molecule has 0 amide bonds. The lowest BCUT2D eigenvalue weighted by atomic mass is 10.0. The average Bonchev–Trinajstić information content (AvgIpc) is 2.91. The number of nitrogens with zero attached hydrogens (tertiary/aromatic N) is 3. The first-order valence-electron chi connectivity index (χ1n) is 8.65. The van der Waals surface area contributed by atoms with Crippen LogP contribution in [0.1, 0.15) is 23.4 Å². The highest BCUT2D eigenvalue weighted by molar-refractivity contribution is 7.09. The molecule has 1 aromatic carbocycles. The minimum Gasteiger partial charge on any atom is -0.369 e. The number of hydrogen-bond donors (Lipinski definition) is 0. The van der Waals surface area contributed by atoms with Crippen LogP contribution in [0.25, 0.3) is 0 Å². The minimum absolute atomic E-state index is 0.221. The number of aryl methyl sites for hydroxylation is 1. The second-order valence-electron chi connectivity index (χ2n) is 6.60. The van der Waals surface area contributed by atoms with Crippen molar-refractivity contribution in [3.05, 3.63) is 49.5 Å². The van der Waals surface area contributed by atoms with E-state index >= 15 is 0 Å². The van der Waals surface area contributed by atoms with Crippen molar-refractivity contribution in [2.24, 2.45) is 0 Å². The number of hydrogen-bond acceptors (Lipinski definition) is 4. The number of aromatic nitrogens is 1. The van der Waals surface area contributed by atoms with Gasteiger partial charge in [-0.05, 0) is 43.9 Å². The number of thiazole rings is 1. The van der Waals surface area contributed by atoms with Crippen molar-refractivity contribution in [3.8, 4) is 0 Å². The summed E-state index contributed by atoms with van der Waals surface area (Å²) in [6.45, 7) is 4.64. The molecule has 2 aliphatic rings. The highest BCUT2D eigenvalue weighted by Crippen LogP contribution is 2.24. The monoisotopic (exact) mass is 363 g/mol. The van der Waals surface area contributed by atoms with Gasteiger partial charge >= 0.3 is 4.87 Å². The van der Waals surface area contributed by atoms with E-state index < -0.39 is 0 Å². The fourth-order valence-electron chi connectivity index (χ4n) is 3.69. The Morgan fingerprint density at radius 3 is 2.67 bits per heavy atom. The van der Waals surface area contributed by atoms with E-state index in [1.165, 1.54) is 40.4 Å². The molecule has 1 fully saturated rings. The van der Waals surface area contributed by atoms with Gasteiger partial charge in [-0.2, -0.15) is 0 Å². The van der Waals surface area contributed by atoms with Crippen molar-refractivity contribution in [3.63, 3.8) is 0 Å². The number of rotatable bonds is 3. The lowest BCUT2D eigenvalue weighted by Gasteiger charge is -2.36. The largest absolute Gasteiger partial charge is 0.369 e. The molecular formula is C18H22ClN3OS. The molecule has 0 atom stereocenters. The van der Waals surface area contributed by atoms with Crippen LogP contribution in [0.2, 0.25) is 5.02 Å². The normalized spacial score (nSPS) is 18.6. The van der Waals surface area contributed by atoms with Gasteiger partial charge in [-0.15, -0.1) is 0 Å². The summed E-state index contributed by atoms with van der Waals surface area (Å²) < 4.78 is 2.02. The number of anilines is 1. The van der Waals surface area contributed by atoms with Crippen LogP contribution in [0, 0.1) is 0 Å². The molecule has 6 heteroatoms. The van der Waals surface area contributed by atoms with E-state index in [0.29, 0.717) is 0 Å². The molecule has 0 unspecified atom stereocenters. The smallest absolute Gasteiger partial charge is 0.308 e. The zero-order valence-electron chi connectivity index (χ0n) is 13.7. The summed E-state index contributed by atoms with van der Waals surface area (Å²) in [5, 5.41) is 0.784. The Morgan fingerprint density at radius 1 is 1.08 bits per heavy atom. The first-order chi connectivity index (χ1) is 11.7. The van der Waals surface area contributed by atoms with E-state index in [4.69, 9.17) is 11.6 Å². The van der Waals surface area contributed by atoms with Crippen molar-refractivity contribution in [1.82, 2.24) is 9.47 Å². The molecule has 4 nitrogen and oxygen atoms in total. The lowest BCUT2D eigenvalue weighted by molar-refractivity contribution is 0.201. The van der Waals surface area contributed by atoms with Crippen LogP contribution in [0.4, 0.5) is 5.69 Å². The van der Waals surface area contributed by atoms with Gasteiger partial charge in [0.15, 0.2) is 0 Å². The predicted octanol–water partition coefficient (Wildman–Crippen LogP) is 3.22. The first kappa shape index (κ1) is 16.2. The Balaban J connectivity index is 1.42. The van der Waals surface area contributed by atoms with Gasteiger partial charge in [0.2, 0.25) is 0 Å². The van der Waals surface area contributed by atoms with Crippen LogP contribution < -0.4 is 9.77 Å². The third-order valence-electron chi connectivity index (χ3n) is 5.03. The third-order valence-corrected chi connectivity index (χ3v) is 6.35. The molecular weight excluding hydrogens is 342 g/mol. The topological polar surface area (TPSA) is 28.5 Å². The van der Waals surface area contributed by atoms with E-state index in [0.717, 1.165) is 50.7 Å². The highest BCUT2D eigenvalue weighted by atomic mass is 35.5. The van der Waals surface area contributed by atoms with Crippen LogP contribution in [0.5, 0.6) is 0 Å². The van der Waals surface area contributed by atoms with Gasteiger partial charge in [-0.25, -0.2) is 0 Å². The average molecular weight is 364 g/mol. The molecule has 1 aromatic heterocycles. The zero-order chi connectivity index (χ0) is 16.5. The summed E-state index contributed by atoms with van der Waals surface area (Å²) in [6.07, 6.45) is 4.60. The zero-order valence-corrected chi connectivity index (χ0v) is 15.3. The predicted molar refractivity (Wildman–Crippen MR) is 100 cm³/mol. The Bertz CT molecular complexity index is 777. The van der Waals surface area contributed by atoms with Gasteiger partial charge in [0.05, 0.1) is 6.67 Å². The fraction of sp³-hybridized carbons (Fsp3) is 0.500. The molecule has 0 bridgehead atoms. The first-order valence-corrected chi connectivity index (χ1v) is 9.84. The Morgan fingerprint density at radius 2 is 1.88 bits per heavy atom. The van der Waals surface area contributed by atoms with Gasteiger partial charge < -0.3 is 4.90 Å². The molecule has 128 valence electrons. The van der Waals surface area contributed by atoms with E-state index in [1.807, 2.05) is 22.8 Å².